The summed E-state index contributed by atoms with van der Waals surface area (Å²) in [7, 11) is 3.24. The summed E-state index contributed by atoms with van der Waals surface area (Å²) in [6.07, 6.45) is 0. The number of hydrogen-bond acceptors (Lipinski definition) is 4. The molecule has 0 radical (unpaired) electrons. The lowest BCUT2D eigenvalue weighted by atomic mass is 9.95. The zero-order valence-electron chi connectivity index (χ0n) is 11.4. The van der Waals surface area contributed by atoms with E-state index in [9.17, 15) is 4.79 Å². The van der Waals surface area contributed by atoms with Gasteiger partial charge in [0.1, 0.15) is 11.5 Å². The maximum Gasteiger partial charge on any atom is 0.309 e. The van der Waals surface area contributed by atoms with Gasteiger partial charge in [0.05, 0.1) is 20.1 Å². The fourth-order valence-electron chi connectivity index (χ4n) is 2.35. The van der Waals surface area contributed by atoms with Crippen molar-refractivity contribution in [3.05, 3.63) is 23.8 Å². The largest absolute Gasteiger partial charge is 0.497 e. The molecule has 0 aliphatic carbocycles. The van der Waals surface area contributed by atoms with Crippen LogP contribution in [0.15, 0.2) is 18.2 Å². The van der Waals surface area contributed by atoms with Gasteiger partial charge in [-0.25, -0.2) is 0 Å². The van der Waals surface area contributed by atoms with Crippen molar-refractivity contribution in [3.63, 3.8) is 0 Å². The van der Waals surface area contributed by atoms with Gasteiger partial charge in [-0.15, -0.1) is 0 Å². The van der Waals surface area contributed by atoms with E-state index in [1.165, 1.54) is 0 Å². The first-order valence-corrected chi connectivity index (χ1v) is 6.25. The molecule has 1 aliphatic rings. The first kappa shape index (κ1) is 13.7. The van der Waals surface area contributed by atoms with E-state index in [1.807, 2.05) is 18.2 Å². The lowest BCUT2D eigenvalue weighted by Crippen LogP contribution is -2.51. The van der Waals surface area contributed by atoms with Gasteiger partial charge in [-0.05, 0) is 13.0 Å². The van der Waals surface area contributed by atoms with E-state index in [1.54, 1.807) is 14.2 Å². The summed E-state index contributed by atoms with van der Waals surface area (Å²) in [6.45, 7) is 3.24. The maximum atomic E-state index is 10.8. The second-order valence-electron chi connectivity index (χ2n) is 4.77. The van der Waals surface area contributed by atoms with Crippen LogP contribution in [0.4, 0.5) is 0 Å². The fraction of sp³-hybridized carbons (Fsp3) is 0.500. The Bertz CT molecular complexity index is 469. The number of rotatable bonds is 5. The third kappa shape index (κ3) is 2.66. The summed E-state index contributed by atoms with van der Waals surface area (Å²) < 4.78 is 10.5. The number of benzene rings is 1. The zero-order valence-corrected chi connectivity index (χ0v) is 11.4. The number of likely N-dealkylation sites (tertiary alicyclic amines) is 1. The van der Waals surface area contributed by atoms with Gasteiger partial charge in [0, 0.05) is 30.8 Å². The van der Waals surface area contributed by atoms with Crippen LogP contribution in [0.1, 0.15) is 18.5 Å². The Kier molecular flexibility index (Phi) is 3.95. The lowest BCUT2D eigenvalue weighted by molar-refractivity contribution is -0.148. The van der Waals surface area contributed by atoms with Crippen molar-refractivity contribution in [1.82, 2.24) is 4.90 Å². The molecule has 1 aromatic rings. The van der Waals surface area contributed by atoms with Gasteiger partial charge in [-0.2, -0.15) is 0 Å². The second kappa shape index (κ2) is 5.48. The van der Waals surface area contributed by atoms with Crippen LogP contribution in [0, 0.1) is 5.92 Å². The van der Waals surface area contributed by atoms with E-state index in [4.69, 9.17) is 14.6 Å². The molecule has 1 fully saturated rings. The van der Waals surface area contributed by atoms with Gasteiger partial charge < -0.3 is 14.6 Å². The highest BCUT2D eigenvalue weighted by molar-refractivity contribution is 5.71. The molecule has 1 aliphatic heterocycles. The zero-order chi connectivity index (χ0) is 14.0. The summed E-state index contributed by atoms with van der Waals surface area (Å²) in [4.78, 5) is 13.0. The van der Waals surface area contributed by atoms with Crippen molar-refractivity contribution < 1.29 is 19.4 Å². The Hall–Kier alpha value is -1.75. The maximum absolute atomic E-state index is 10.8. The van der Waals surface area contributed by atoms with Crippen molar-refractivity contribution in [2.24, 2.45) is 5.92 Å². The molecular weight excluding hydrogens is 246 g/mol. The minimum absolute atomic E-state index is 0.136. The first-order chi connectivity index (χ1) is 9.06. The molecule has 19 heavy (non-hydrogen) atoms. The Morgan fingerprint density at radius 3 is 2.58 bits per heavy atom. The van der Waals surface area contributed by atoms with E-state index in [2.05, 4.69) is 11.8 Å². The summed E-state index contributed by atoms with van der Waals surface area (Å²) >= 11 is 0. The van der Waals surface area contributed by atoms with Crippen molar-refractivity contribution in [2.75, 3.05) is 27.3 Å². The third-order valence-corrected chi connectivity index (χ3v) is 3.70. The Balaban J connectivity index is 2.11. The molecule has 5 heteroatoms. The van der Waals surface area contributed by atoms with E-state index in [0.717, 1.165) is 17.1 Å². The van der Waals surface area contributed by atoms with Gasteiger partial charge in [-0.3, -0.25) is 9.69 Å². The number of nitrogens with zero attached hydrogens (tertiary/aromatic N) is 1. The standard InChI is InChI=1S/C14H19NO4/c1-9(15-7-10(8-15)14(16)17)12-5-4-11(18-2)6-13(12)19-3/h4-6,9-10H,7-8H2,1-3H3,(H,16,17). The molecule has 1 aromatic carbocycles. The first-order valence-electron chi connectivity index (χ1n) is 6.25. The van der Waals surface area contributed by atoms with Crippen LogP contribution >= 0.6 is 0 Å². The average Bonchev–Trinajstić information content (AvgIpc) is 2.35. The molecule has 2 rings (SSSR count). The van der Waals surface area contributed by atoms with Crippen molar-refractivity contribution in [3.8, 4) is 11.5 Å². The van der Waals surface area contributed by atoms with E-state index in [0.29, 0.717) is 13.1 Å². The van der Waals surface area contributed by atoms with Crippen LogP contribution in [0.25, 0.3) is 0 Å². The average molecular weight is 265 g/mol. The van der Waals surface area contributed by atoms with E-state index >= 15 is 0 Å². The smallest absolute Gasteiger partial charge is 0.309 e. The Morgan fingerprint density at radius 1 is 1.37 bits per heavy atom. The van der Waals surface area contributed by atoms with E-state index < -0.39 is 5.97 Å². The number of aliphatic carboxylic acids is 1. The number of carboxylic acids is 1. The van der Waals surface area contributed by atoms with Crippen LogP contribution in [0.3, 0.4) is 0 Å². The normalized spacial score (nSPS) is 17.6. The highest BCUT2D eigenvalue weighted by atomic mass is 16.5. The summed E-state index contributed by atoms with van der Waals surface area (Å²) in [6, 6.07) is 5.84. The molecule has 1 atom stereocenters. The van der Waals surface area contributed by atoms with Crippen LogP contribution in [-0.4, -0.2) is 43.3 Å². The van der Waals surface area contributed by atoms with Gasteiger partial charge >= 0.3 is 5.97 Å². The molecule has 0 saturated carbocycles. The van der Waals surface area contributed by atoms with Crippen molar-refractivity contribution >= 4 is 5.97 Å². The molecule has 0 amide bonds. The lowest BCUT2D eigenvalue weighted by Gasteiger charge is -2.41. The SMILES string of the molecule is COc1ccc(C(C)N2CC(C(=O)O)C2)c(OC)c1. The minimum Gasteiger partial charge on any atom is -0.497 e. The predicted octanol–water partition coefficient (Wildman–Crippen LogP) is 1.78. The third-order valence-electron chi connectivity index (χ3n) is 3.70. The number of carboxylic acid groups (broad SMARTS) is 1. The van der Waals surface area contributed by atoms with Gasteiger partial charge in [0.2, 0.25) is 0 Å². The second-order valence-corrected chi connectivity index (χ2v) is 4.77. The Labute approximate surface area is 112 Å². The fourth-order valence-corrected chi connectivity index (χ4v) is 2.35. The molecule has 5 nitrogen and oxygen atoms in total. The number of methoxy groups -OCH3 is 2. The van der Waals surface area contributed by atoms with Gasteiger partial charge in [0.25, 0.3) is 0 Å². The highest BCUT2D eigenvalue weighted by Crippen LogP contribution is 2.35. The van der Waals surface area contributed by atoms with Crippen LogP contribution in [0.2, 0.25) is 0 Å². The number of ether oxygens (including phenoxy) is 2. The van der Waals surface area contributed by atoms with Crippen molar-refractivity contribution in [1.29, 1.82) is 0 Å². The highest BCUT2D eigenvalue weighted by Gasteiger charge is 2.36. The molecule has 1 N–H and O–H groups in total. The molecule has 1 heterocycles. The number of hydrogen-bond donors (Lipinski definition) is 1. The summed E-state index contributed by atoms with van der Waals surface area (Å²) in [5, 5.41) is 8.90. The molecule has 0 spiro atoms. The quantitative estimate of drug-likeness (QED) is 0.879. The number of carbonyl (C=O) groups is 1. The monoisotopic (exact) mass is 265 g/mol. The molecule has 1 unspecified atom stereocenters. The Morgan fingerprint density at radius 2 is 2.05 bits per heavy atom. The van der Waals surface area contributed by atoms with Crippen molar-refractivity contribution in [2.45, 2.75) is 13.0 Å². The predicted molar refractivity (Wildman–Crippen MR) is 70.7 cm³/mol. The minimum atomic E-state index is -0.717. The van der Waals surface area contributed by atoms with E-state index in [-0.39, 0.29) is 12.0 Å². The van der Waals surface area contributed by atoms with Crippen LogP contribution in [0.5, 0.6) is 11.5 Å². The summed E-state index contributed by atoms with van der Waals surface area (Å²) in [5.74, 6) is 0.558. The molecule has 0 aromatic heterocycles. The molecule has 1 saturated heterocycles. The molecular formula is C14H19NO4. The molecule has 0 bridgehead atoms. The summed E-state index contributed by atoms with van der Waals surface area (Å²) in [5.41, 5.74) is 1.05. The van der Waals surface area contributed by atoms with Gasteiger partial charge in [-0.1, -0.05) is 6.07 Å². The van der Waals surface area contributed by atoms with Crippen LogP contribution in [-0.2, 0) is 4.79 Å². The van der Waals surface area contributed by atoms with Crippen LogP contribution < -0.4 is 9.47 Å². The molecule has 104 valence electrons. The van der Waals surface area contributed by atoms with Gasteiger partial charge in [0.15, 0.2) is 0 Å². The topological polar surface area (TPSA) is 59.0 Å².